The van der Waals surface area contributed by atoms with E-state index >= 15 is 0 Å². The first kappa shape index (κ1) is 26.9. The van der Waals surface area contributed by atoms with Crippen molar-refractivity contribution in [1.82, 2.24) is 9.62 Å². The van der Waals surface area contributed by atoms with Crippen molar-refractivity contribution in [2.45, 2.75) is 58.0 Å². The summed E-state index contributed by atoms with van der Waals surface area (Å²) >= 11 is 6.01. The highest BCUT2D eigenvalue weighted by molar-refractivity contribution is 7.89. The summed E-state index contributed by atoms with van der Waals surface area (Å²) in [6.45, 7) is 7.25. The Hall–Kier alpha value is -2.67. The minimum atomic E-state index is -3.93. The average Bonchev–Trinajstić information content (AvgIpc) is 2.78. The van der Waals surface area contributed by atoms with E-state index in [0.717, 1.165) is 24.0 Å². The van der Waals surface area contributed by atoms with Crippen molar-refractivity contribution in [2.24, 2.45) is 0 Å². The lowest BCUT2D eigenvalue weighted by Crippen LogP contribution is -2.43. The molecule has 1 amide bonds. The molecule has 7 heteroatoms. The highest BCUT2D eigenvalue weighted by Crippen LogP contribution is 2.26. The summed E-state index contributed by atoms with van der Waals surface area (Å²) in [5.74, 6) is -0.328. The van der Waals surface area contributed by atoms with Gasteiger partial charge in [0.15, 0.2) is 0 Å². The van der Waals surface area contributed by atoms with Crippen LogP contribution < -0.4 is 5.32 Å². The first-order chi connectivity index (χ1) is 16.6. The number of nitrogens with zero attached hydrogens (tertiary/aromatic N) is 1. The Morgan fingerprint density at radius 2 is 1.54 bits per heavy atom. The molecule has 0 aliphatic heterocycles. The molecule has 0 spiro atoms. The van der Waals surface area contributed by atoms with E-state index in [1.807, 2.05) is 44.2 Å². The third-order valence-corrected chi connectivity index (χ3v) is 8.26. The number of hydrogen-bond acceptors (Lipinski definition) is 3. The van der Waals surface area contributed by atoms with Gasteiger partial charge in [-0.25, -0.2) is 8.42 Å². The van der Waals surface area contributed by atoms with Gasteiger partial charge in [-0.05, 0) is 74.9 Å². The summed E-state index contributed by atoms with van der Waals surface area (Å²) in [6, 6.07) is 20.7. The van der Waals surface area contributed by atoms with E-state index < -0.39 is 10.0 Å². The molecule has 0 aliphatic rings. The third kappa shape index (κ3) is 7.40. The summed E-state index contributed by atoms with van der Waals surface area (Å²) < 4.78 is 28.9. The number of hydrogen-bond donors (Lipinski definition) is 1. The normalized spacial score (nSPS) is 12.5. The molecule has 35 heavy (non-hydrogen) atoms. The molecular formula is C28H33ClN2O3S. The zero-order chi connectivity index (χ0) is 25.6. The van der Waals surface area contributed by atoms with Crippen molar-refractivity contribution >= 4 is 27.5 Å². The standard InChI is InChI=1S/C28H33ClN2O3S/c1-20-16-21(2)28(22(3)17-20)35(33,34)31(18-25-12-14-26(29)15-13-25)19-27(32)30-23(4)10-11-24-8-6-5-7-9-24/h5-9,12-17,23H,10-11,18-19H2,1-4H3,(H,30,32)/t23-/m1/s1. The number of nitrogens with one attached hydrogen (secondary N) is 1. The molecule has 0 saturated heterocycles. The van der Waals surface area contributed by atoms with Crippen molar-refractivity contribution in [2.75, 3.05) is 6.54 Å². The van der Waals surface area contributed by atoms with Crippen LogP contribution in [-0.2, 0) is 27.8 Å². The fourth-order valence-corrected chi connectivity index (χ4v) is 6.22. The summed E-state index contributed by atoms with van der Waals surface area (Å²) in [5, 5.41) is 3.54. The Morgan fingerprint density at radius 3 is 2.14 bits per heavy atom. The molecule has 1 atom stereocenters. The molecule has 0 radical (unpaired) electrons. The number of aryl methyl sites for hydroxylation is 4. The molecular weight excluding hydrogens is 480 g/mol. The second kappa shape index (κ2) is 11.8. The SMILES string of the molecule is Cc1cc(C)c(S(=O)(=O)N(CC(=O)N[C@H](C)CCc2ccccc2)Cc2ccc(Cl)cc2)c(C)c1. The van der Waals surface area contributed by atoms with Crippen molar-refractivity contribution < 1.29 is 13.2 Å². The first-order valence-corrected chi connectivity index (χ1v) is 13.5. The van der Waals surface area contributed by atoms with Crippen molar-refractivity contribution in [1.29, 1.82) is 0 Å². The third-order valence-electron chi connectivity index (χ3n) is 5.91. The van der Waals surface area contributed by atoms with Crippen LogP contribution in [-0.4, -0.2) is 31.2 Å². The van der Waals surface area contributed by atoms with Crippen LogP contribution >= 0.6 is 11.6 Å². The van der Waals surface area contributed by atoms with Crippen molar-refractivity contribution in [3.8, 4) is 0 Å². The van der Waals surface area contributed by atoms with E-state index in [1.165, 1.54) is 9.87 Å². The van der Waals surface area contributed by atoms with Crippen LogP contribution in [0, 0.1) is 20.8 Å². The van der Waals surface area contributed by atoms with Gasteiger partial charge in [-0.15, -0.1) is 0 Å². The largest absolute Gasteiger partial charge is 0.352 e. The maximum atomic E-state index is 13.8. The van der Waals surface area contributed by atoms with E-state index in [2.05, 4.69) is 17.4 Å². The fourth-order valence-electron chi connectivity index (χ4n) is 4.30. The molecule has 3 aromatic carbocycles. The number of carbonyl (C=O) groups is 1. The van der Waals surface area contributed by atoms with Gasteiger partial charge in [-0.3, -0.25) is 4.79 Å². The van der Waals surface area contributed by atoms with Gasteiger partial charge in [0.2, 0.25) is 15.9 Å². The van der Waals surface area contributed by atoms with E-state index in [4.69, 9.17) is 11.6 Å². The van der Waals surface area contributed by atoms with Crippen LogP contribution in [0.3, 0.4) is 0 Å². The second-order valence-corrected chi connectivity index (χ2v) is 11.4. The Labute approximate surface area is 214 Å². The number of carbonyl (C=O) groups excluding carboxylic acids is 1. The molecule has 0 aromatic heterocycles. The zero-order valence-corrected chi connectivity index (χ0v) is 22.3. The second-order valence-electron chi connectivity index (χ2n) is 9.12. The minimum Gasteiger partial charge on any atom is -0.352 e. The molecule has 0 aliphatic carbocycles. The molecule has 0 unspecified atom stereocenters. The monoisotopic (exact) mass is 512 g/mol. The molecule has 5 nitrogen and oxygen atoms in total. The maximum absolute atomic E-state index is 13.8. The summed E-state index contributed by atoms with van der Waals surface area (Å²) in [5.41, 5.74) is 4.28. The van der Waals surface area contributed by atoms with Crippen LogP contribution in [0.4, 0.5) is 0 Å². The van der Waals surface area contributed by atoms with E-state index in [0.29, 0.717) is 16.1 Å². The molecule has 3 rings (SSSR count). The lowest BCUT2D eigenvalue weighted by atomic mass is 10.1. The van der Waals surface area contributed by atoms with Gasteiger partial charge < -0.3 is 5.32 Å². The Kier molecular flexibility index (Phi) is 9.11. The van der Waals surface area contributed by atoms with Gasteiger partial charge in [0, 0.05) is 17.6 Å². The van der Waals surface area contributed by atoms with Crippen LogP contribution in [0.1, 0.15) is 41.2 Å². The average molecular weight is 513 g/mol. The summed E-state index contributed by atoms with van der Waals surface area (Å²) in [6.07, 6.45) is 1.59. The van der Waals surface area contributed by atoms with Gasteiger partial charge in [0.25, 0.3) is 0 Å². The van der Waals surface area contributed by atoms with E-state index in [9.17, 15) is 13.2 Å². The lowest BCUT2D eigenvalue weighted by Gasteiger charge is -2.25. The fraction of sp³-hybridized carbons (Fsp3) is 0.321. The van der Waals surface area contributed by atoms with E-state index in [1.54, 1.807) is 38.1 Å². The predicted molar refractivity (Wildman–Crippen MR) is 142 cm³/mol. The van der Waals surface area contributed by atoms with Gasteiger partial charge in [0.05, 0.1) is 11.4 Å². The number of halogens is 1. The molecule has 0 heterocycles. The zero-order valence-electron chi connectivity index (χ0n) is 20.7. The van der Waals surface area contributed by atoms with Crippen molar-refractivity contribution in [3.63, 3.8) is 0 Å². The molecule has 0 saturated carbocycles. The Bertz CT molecular complexity index is 1240. The summed E-state index contributed by atoms with van der Waals surface area (Å²) in [4.78, 5) is 13.2. The summed E-state index contributed by atoms with van der Waals surface area (Å²) in [7, 11) is -3.93. The van der Waals surface area contributed by atoms with Gasteiger partial charge in [0.1, 0.15) is 0 Å². The number of rotatable bonds is 10. The molecule has 3 aromatic rings. The number of benzene rings is 3. The molecule has 1 N–H and O–H groups in total. The highest BCUT2D eigenvalue weighted by atomic mass is 35.5. The number of sulfonamides is 1. The first-order valence-electron chi connectivity index (χ1n) is 11.7. The van der Waals surface area contributed by atoms with Crippen LogP contribution in [0.15, 0.2) is 71.6 Å². The van der Waals surface area contributed by atoms with Gasteiger partial charge >= 0.3 is 0 Å². The lowest BCUT2D eigenvalue weighted by molar-refractivity contribution is -0.122. The van der Waals surface area contributed by atoms with Crippen molar-refractivity contribution in [3.05, 3.63) is 99.6 Å². The quantitative estimate of drug-likeness (QED) is 0.385. The number of amides is 1. The molecule has 0 fully saturated rings. The van der Waals surface area contributed by atoms with Gasteiger partial charge in [-0.2, -0.15) is 4.31 Å². The minimum absolute atomic E-state index is 0.0675. The Morgan fingerprint density at radius 1 is 0.943 bits per heavy atom. The molecule has 186 valence electrons. The topological polar surface area (TPSA) is 66.5 Å². The highest BCUT2D eigenvalue weighted by Gasteiger charge is 2.30. The molecule has 0 bridgehead atoms. The predicted octanol–water partition coefficient (Wildman–Crippen LogP) is 5.59. The van der Waals surface area contributed by atoms with Crippen LogP contribution in [0.2, 0.25) is 5.02 Å². The smallest absolute Gasteiger partial charge is 0.244 e. The van der Waals surface area contributed by atoms with E-state index in [-0.39, 0.29) is 29.9 Å². The Balaban J connectivity index is 1.80. The van der Waals surface area contributed by atoms with Crippen LogP contribution in [0.5, 0.6) is 0 Å². The maximum Gasteiger partial charge on any atom is 0.244 e. The van der Waals surface area contributed by atoms with Crippen LogP contribution in [0.25, 0.3) is 0 Å². The van der Waals surface area contributed by atoms with Gasteiger partial charge in [-0.1, -0.05) is 71.8 Å².